The van der Waals surface area contributed by atoms with Crippen molar-refractivity contribution in [1.82, 2.24) is 4.98 Å². The van der Waals surface area contributed by atoms with Gasteiger partial charge in [0.05, 0.1) is 18.3 Å². The highest BCUT2D eigenvalue weighted by Gasteiger charge is 2.21. The SMILES string of the molecule is CCOc1ncccc1NC1CCCc2ccc(O)cc21. The topological polar surface area (TPSA) is 54.4 Å². The van der Waals surface area contributed by atoms with Crippen molar-refractivity contribution < 1.29 is 9.84 Å². The Bertz CT molecular complexity index is 628. The molecule has 4 heteroatoms. The third-order valence-electron chi connectivity index (χ3n) is 3.83. The lowest BCUT2D eigenvalue weighted by Crippen LogP contribution is -2.18. The van der Waals surface area contributed by atoms with Gasteiger partial charge in [-0.05, 0) is 61.6 Å². The first kappa shape index (κ1) is 13.7. The fourth-order valence-corrected chi connectivity index (χ4v) is 2.88. The first-order valence-electron chi connectivity index (χ1n) is 7.44. The molecule has 0 fully saturated rings. The van der Waals surface area contributed by atoms with Gasteiger partial charge in [0.15, 0.2) is 0 Å². The van der Waals surface area contributed by atoms with Gasteiger partial charge in [-0.25, -0.2) is 4.98 Å². The maximum absolute atomic E-state index is 9.75. The summed E-state index contributed by atoms with van der Waals surface area (Å²) in [6.07, 6.45) is 4.98. The van der Waals surface area contributed by atoms with Gasteiger partial charge in [-0.3, -0.25) is 0 Å². The van der Waals surface area contributed by atoms with Crippen molar-refractivity contribution in [3.63, 3.8) is 0 Å². The average molecular weight is 284 g/mol. The van der Waals surface area contributed by atoms with Crippen molar-refractivity contribution in [3.05, 3.63) is 47.7 Å². The summed E-state index contributed by atoms with van der Waals surface area (Å²) in [5.41, 5.74) is 3.38. The predicted octanol–water partition coefficient (Wildman–Crippen LogP) is 3.68. The second kappa shape index (κ2) is 6.04. The molecule has 0 saturated heterocycles. The van der Waals surface area contributed by atoms with Crippen molar-refractivity contribution in [1.29, 1.82) is 0 Å². The van der Waals surface area contributed by atoms with Crippen LogP contribution >= 0.6 is 0 Å². The molecule has 0 radical (unpaired) electrons. The Balaban J connectivity index is 1.88. The molecule has 0 aliphatic heterocycles. The standard InChI is InChI=1S/C17H20N2O2/c1-2-21-17-16(7-4-10-18-17)19-15-6-3-5-12-8-9-13(20)11-14(12)15/h4,7-11,15,19-20H,2-3,5-6H2,1H3. The number of rotatable bonds is 4. The number of aryl methyl sites for hydroxylation is 1. The number of phenols is 1. The Morgan fingerprint density at radius 3 is 3.14 bits per heavy atom. The van der Waals surface area contributed by atoms with Crippen molar-refractivity contribution >= 4 is 5.69 Å². The summed E-state index contributed by atoms with van der Waals surface area (Å²) in [4.78, 5) is 4.27. The molecule has 4 nitrogen and oxygen atoms in total. The Kier molecular flexibility index (Phi) is 3.95. The number of phenolic OH excluding ortho intramolecular Hbond substituents is 1. The molecule has 0 spiro atoms. The minimum atomic E-state index is 0.184. The average Bonchev–Trinajstić information content (AvgIpc) is 2.50. The summed E-state index contributed by atoms with van der Waals surface area (Å²) in [6.45, 7) is 2.54. The number of pyridine rings is 1. The maximum Gasteiger partial charge on any atom is 0.237 e. The number of ether oxygens (including phenoxy) is 1. The van der Waals surface area contributed by atoms with Crippen LogP contribution < -0.4 is 10.1 Å². The summed E-state index contributed by atoms with van der Waals surface area (Å²) in [5, 5.41) is 13.3. The lowest BCUT2D eigenvalue weighted by molar-refractivity contribution is 0.328. The largest absolute Gasteiger partial charge is 0.508 e. The number of fused-ring (bicyclic) bond motifs is 1. The number of anilines is 1. The minimum Gasteiger partial charge on any atom is -0.508 e. The molecule has 1 unspecified atom stereocenters. The van der Waals surface area contributed by atoms with Gasteiger partial charge in [-0.1, -0.05) is 6.07 Å². The van der Waals surface area contributed by atoms with Crippen LogP contribution in [0.3, 0.4) is 0 Å². The zero-order valence-corrected chi connectivity index (χ0v) is 12.2. The second-order valence-electron chi connectivity index (χ2n) is 5.26. The summed E-state index contributed by atoms with van der Waals surface area (Å²) in [6, 6.07) is 9.71. The number of benzene rings is 1. The Hall–Kier alpha value is -2.23. The number of aromatic nitrogens is 1. The molecule has 1 aliphatic carbocycles. The molecule has 0 saturated carbocycles. The van der Waals surface area contributed by atoms with Crippen LogP contribution in [-0.4, -0.2) is 16.7 Å². The molecule has 1 heterocycles. The van der Waals surface area contributed by atoms with Crippen molar-refractivity contribution in [2.24, 2.45) is 0 Å². The van der Waals surface area contributed by atoms with Crippen LogP contribution in [-0.2, 0) is 6.42 Å². The van der Waals surface area contributed by atoms with E-state index < -0.39 is 0 Å². The van der Waals surface area contributed by atoms with E-state index in [2.05, 4.69) is 10.3 Å². The van der Waals surface area contributed by atoms with Crippen LogP contribution in [0.4, 0.5) is 5.69 Å². The number of aromatic hydroxyl groups is 1. The van der Waals surface area contributed by atoms with E-state index in [1.165, 1.54) is 11.1 Å². The fraction of sp³-hybridized carbons (Fsp3) is 0.353. The quantitative estimate of drug-likeness (QED) is 0.899. The van der Waals surface area contributed by atoms with Crippen LogP contribution in [0.1, 0.15) is 36.9 Å². The molecule has 110 valence electrons. The summed E-state index contributed by atoms with van der Waals surface area (Å²) >= 11 is 0. The van der Waals surface area contributed by atoms with E-state index in [9.17, 15) is 5.11 Å². The van der Waals surface area contributed by atoms with Gasteiger partial charge in [0.2, 0.25) is 5.88 Å². The van der Waals surface area contributed by atoms with Gasteiger partial charge >= 0.3 is 0 Å². The van der Waals surface area contributed by atoms with E-state index in [1.54, 1.807) is 12.3 Å². The molecule has 0 bridgehead atoms. The van der Waals surface area contributed by atoms with Crippen LogP contribution in [0.25, 0.3) is 0 Å². The first-order chi connectivity index (χ1) is 10.3. The molecule has 1 atom stereocenters. The highest BCUT2D eigenvalue weighted by atomic mass is 16.5. The molecule has 3 rings (SSSR count). The van der Waals surface area contributed by atoms with Gasteiger partial charge in [-0.2, -0.15) is 0 Å². The van der Waals surface area contributed by atoms with E-state index in [1.807, 2.05) is 31.2 Å². The van der Waals surface area contributed by atoms with E-state index >= 15 is 0 Å². The van der Waals surface area contributed by atoms with Gasteiger partial charge in [0.1, 0.15) is 5.75 Å². The number of nitrogens with zero attached hydrogens (tertiary/aromatic N) is 1. The van der Waals surface area contributed by atoms with Crippen LogP contribution in [0.2, 0.25) is 0 Å². The number of hydrogen-bond donors (Lipinski definition) is 2. The first-order valence-corrected chi connectivity index (χ1v) is 7.44. The van der Waals surface area contributed by atoms with Crippen molar-refractivity contribution in [3.8, 4) is 11.6 Å². The van der Waals surface area contributed by atoms with Crippen LogP contribution in [0, 0.1) is 0 Å². The van der Waals surface area contributed by atoms with Gasteiger partial charge < -0.3 is 15.2 Å². The lowest BCUT2D eigenvalue weighted by Gasteiger charge is -2.27. The normalized spacial score (nSPS) is 17.1. The minimum absolute atomic E-state index is 0.184. The number of hydrogen-bond acceptors (Lipinski definition) is 4. The number of nitrogens with one attached hydrogen (secondary N) is 1. The maximum atomic E-state index is 9.75. The van der Waals surface area contributed by atoms with Crippen LogP contribution in [0.15, 0.2) is 36.5 Å². The monoisotopic (exact) mass is 284 g/mol. The second-order valence-corrected chi connectivity index (χ2v) is 5.26. The Morgan fingerprint density at radius 1 is 1.38 bits per heavy atom. The fourth-order valence-electron chi connectivity index (χ4n) is 2.88. The van der Waals surface area contributed by atoms with E-state index in [-0.39, 0.29) is 6.04 Å². The molecular formula is C17H20N2O2. The van der Waals surface area contributed by atoms with Crippen LogP contribution in [0.5, 0.6) is 11.6 Å². The third-order valence-corrected chi connectivity index (χ3v) is 3.83. The lowest BCUT2D eigenvalue weighted by atomic mass is 9.87. The van der Waals surface area contributed by atoms with Crippen molar-refractivity contribution in [2.75, 3.05) is 11.9 Å². The molecule has 1 aromatic carbocycles. The highest BCUT2D eigenvalue weighted by molar-refractivity contribution is 5.55. The summed E-state index contributed by atoms with van der Waals surface area (Å²) in [5.74, 6) is 0.950. The molecule has 1 aliphatic rings. The summed E-state index contributed by atoms with van der Waals surface area (Å²) in [7, 11) is 0. The van der Waals surface area contributed by atoms with Gasteiger partial charge in [-0.15, -0.1) is 0 Å². The van der Waals surface area contributed by atoms with E-state index in [0.717, 1.165) is 24.9 Å². The molecular weight excluding hydrogens is 264 g/mol. The molecule has 2 aromatic rings. The Morgan fingerprint density at radius 2 is 2.29 bits per heavy atom. The van der Waals surface area contributed by atoms with E-state index in [4.69, 9.17) is 4.74 Å². The molecule has 2 N–H and O–H groups in total. The summed E-state index contributed by atoms with van der Waals surface area (Å²) < 4.78 is 5.57. The molecule has 21 heavy (non-hydrogen) atoms. The highest BCUT2D eigenvalue weighted by Crippen LogP contribution is 2.36. The zero-order chi connectivity index (χ0) is 14.7. The van der Waals surface area contributed by atoms with Gasteiger partial charge in [0.25, 0.3) is 0 Å². The predicted molar refractivity (Wildman–Crippen MR) is 82.8 cm³/mol. The smallest absolute Gasteiger partial charge is 0.237 e. The molecule has 0 amide bonds. The Labute approximate surface area is 124 Å². The van der Waals surface area contributed by atoms with Crippen molar-refractivity contribution in [2.45, 2.75) is 32.2 Å². The molecule has 1 aromatic heterocycles. The third kappa shape index (κ3) is 2.94. The van der Waals surface area contributed by atoms with Gasteiger partial charge in [0, 0.05) is 6.20 Å². The zero-order valence-electron chi connectivity index (χ0n) is 12.2. The van der Waals surface area contributed by atoms with E-state index in [0.29, 0.717) is 18.2 Å².